The maximum Gasteiger partial charge on any atom is 0.165 e. The van der Waals surface area contributed by atoms with E-state index in [1.165, 1.54) is 18.1 Å². The fourth-order valence-electron chi connectivity index (χ4n) is 2.70. The van der Waals surface area contributed by atoms with Gasteiger partial charge in [-0.3, -0.25) is 0 Å². The summed E-state index contributed by atoms with van der Waals surface area (Å²) >= 11 is 1.70. The summed E-state index contributed by atoms with van der Waals surface area (Å²) in [6.07, 6.45) is 0. The molecular formula is C20H21FN2OS. The van der Waals surface area contributed by atoms with Gasteiger partial charge in [0.15, 0.2) is 11.6 Å². The number of hydrogen-bond acceptors (Lipinski definition) is 4. The van der Waals surface area contributed by atoms with Crippen molar-refractivity contribution in [3.63, 3.8) is 0 Å². The van der Waals surface area contributed by atoms with Crippen molar-refractivity contribution in [3.8, 4) is 16.3 Å². The van der Waals surface area contributed by atoms with Crippen LogP contribution in [0, 0.1) is 12.7 Å². The SMILES string of the molecule is COc1ccc(CNC(C)c2sc(-c3ccccc3)nc2C)cc1F. The van der Waals surface area contributed by atoms with Crippen molar-refractivity contribution in [1.82, 2.24) is 10.3 Å². The number of methoxy groups -OCH3 is 1. The molecule has 1 aromatic heterocycles. The molecule has 0 fully saturated rings. The average molecular weight is 356 g/mol. The Hall–Kier alpha value is -2.24. The molecule has 3 nitrogen and oxygen atoms in total. The van der Waals surface area contributed by atoms with Gasteiger partial charge in [0.1, 0.15) is 5.01 Å². The summed E-state index contributed by atoms with van der Waals surface area (Å²) in [5, 5.41) is 4.47. The highest BCUT2D eigenvalue weighted by molar-refractivity contribution is 7.15. The van der Waals surface area contributed by atoms with Crippen LogP contribution < -0.4 is 10.1 Å². The van der Waals surface area contributed by atoms with Crippen LogP contribution in [0.4, 0.5) is 4.39 Å². The number of aromatic nitrogens is 1. The predicted octanol–water partition coefficient (Wildman–Crippen LogP) is 5.12. The van der Waals surface area contributed by atoms with E-state index in [9.17, 15) is 4.39 Å². The lowest BCUT2D eigenvalue weighted by molar-refractivity contribution is 0.386. The third-order valence-corrected chi connectivity index (χ3v) is 5.46. The quantitative estimate of drug-likeness (QED) is 0.666. The second-order valence-electron chi connectivity index (χ2n) is 5.91. The van der Waals surface area contributed by atoms with E-state index < -0.39 is 0 Å². The van der Waals surface area contributed by atoms with Crippen LogP contribution in [0.2, 0.25) is 0 Å². The Labute approximate surface area is 151 Å². The van der Waals surface area contributed by atoms with E-state index in [0.29, 0.717) is 6.54 Å². The Morgan fingerprint density at radius 2 is 1.96 bits per heavy atom. The van der Waals surface area contributed by atoms with Gasteiger partial charge in [-0.05, 0) is 31.5 Å². The van der Waals surface area contributed by atoms with Crippen LogP contribution in [0.1, 0.15) is 29.1 Å². The molecule has 5 heteroatoms. The van der Waals surface area contributed by atoms with Gasteiger partial charge in [-0.25, -0.2) is 9.37 Å². The van der Waals surface area contributed by atoms with Crippen LogP contribution in [0.5, 0.6) is 5.75 Å². The number of hydrogen-bond donors (Lipinski definition) is 1. The van der Waals surface area contributed by atoms with E-state index >= 15 is 0 Å². The van der Waals surface area contributed by atoms with E-state index in [1.54, 1.807) is 17.4 Å². The number of thiazole rings is 1. The van der Waals surface area contributed by atoms with Crippen molar-refractivity contribution in [2.24, 2.45) is 0 Å². The molecule has 0 saturated carbocycles. The van der Waals surface area contributed by atoms with Gasteiger partial charge in [0, 0.05) is 23.0 Å². The Bertz CT molecular complexity index is 848. The minimum Gasteiger partial charge on any atom is -0.494 e. The second-order valence-corrected chi connectivity index (χ2v) is 6.94. The number of ether oxygens (including phenoxy) is 1. The van der Waals surface area contributed by atoms with Crippen LogP contribution in [0.15, 0.2) is 48.5 Å². The molecule has 1 unspecified atom stereocenters. The lowest BCUT2D eigenvalue weighted by Gasteiger charge is -2.13. The highest BCUT2D eigenvalue weighted by Gasteiger charge is 2.15. The van der Waals surface area contributed by atoms with Gasteiger partial charge in [-0.1, -0.05) is 36.4 Å². The summed E-state index contributed by atoms with van der Waals surface area (Å²) in [4.78, 5) is 5.90. The normalized spacial score (nSPS) is 12.2. The first-order chi connectivity index (χ1) is 12.1. The minimum absolute atomic E-state index is 0.139. The molecule has 0 amide bonds. The molecule has 1 heterocycles. The van der Waals surface area contributed by atoms with Gasteiger partial charge < -0.3 is 10.1 Å². The second kappa shape index (κ2) is 7.76. The molecule has 2 aromatic carbocycles. The lowest BCUT2D eigenvalue weighted by Crippen LogP contribution is -2.18. The largest absolute Gasteiger partial charge is 0.494 e. The standard InChI is InChI=1S/C20H21FN2OS/c1-13(22-12-15-9-10-18(24-3)17(21)11-15)19-14(2)23-20(25-19)16-7-5-4-6-8-16/h4-11,13,22H,12H2,1-3H3. The number of halogens is 1. The first-order valence-electron chi connectivity index (χ1n) is 8.17. The van der Waals surface area contributed by atoms with Crippen molar-refractivity contribution in [3.05, 3.63) is 70.5 Å². The predicted molar refractivity (Wildman–Crippen MR) is 100 cm³/mol. The summed E-state index contributed by atoms with van der Waals surface area (Å²) in [5.74, 6) is -0.0719. The van der Waals surface area contributed by atoms with E-state index in [1.807, 2.05) is 31.2 Å². The zero-order valence-electron chi connectivity index (χ0n) is 14.5. The van der Waals surface area contributed by atoms with Crippen LogP contribution >= 0.6 is 11.3 Å². The van der Waals surface area contributed by atoms with Crippen molar-refractivity contribution in [1.29, 1.82) is 0 Å². The van der Waals surface area contributed by atoms with Gasteiger partial charge in [0.25, 0.3) is 0 Å². The summed E-state index contributed by atoms with van der Waals surface area (Å²) in [7, 11) is 1.47. The van der Waals surface area contributed by atoms with E-state index in [4.69, 9.17) is 9.72 Å². The summed E-state index contributed by atoms with van der Waals surface area (Å²) in [6.45, 7) is 4.72. The summed E-state index contributed by atoms with van der Waals surface area (Å²) in [6, 6.07) is 15.4. The first kappa shape index (κ1) is 17.6. The van der Waals surface area contributed by atoms with Crippen LogP contribution in [0.25, 0.3) is 10.6 Å². The fourth-order valence-corrected chi connectivity index (χ4v) is 3.80. The maximum atomic E-state index is 13.8. The van der Waals surface area contributed by atoms with Gasteiger partial charge in [-0.2, -0.15) is 0 Å². The summed E-state index contributed by atoms with van der Waals surface area (Å²) in [5.41, 5.74) is 3.05. The fraction of sp³-hybridized carbons (Fsp3) is 0.250. The molecule has 3 aromatic rings. The lowest BCUT2D eigenvalue weighted by atomic mass is 10.2. The van der Waals surface area contributed by atoms with Gasteiger partial charge in [0.05, 0.1) is 12.8 Å². The smallest absolute Gasteiger partial charge is 0.165 e. The highest BCUT2D eigenvalue weighted by atomic mass is 32.1. The molecule has 25 heavy (non-hydrogen) atoms. The number of aryl methyl sites for hydroxylation is 1. The van der Waals surface area contributed by atoms with Crippen LogP contribution in [-0.4, -0.2) is 12.1 Å². The molecule has 130 valence electrons. The topological polar surface area (TPSA) is 34.1 Å². The molecule has 0 spiro atoms. The molecule has 1 N–H and O–H groups in total. The van der Waals surface area contributed by atoms with E-state index in [0.717, 1.165) is 21.8 Å². The first-order valence-corrected chi connectivity index (χ1v) is 8.98. The zero-order chi connectivity index (χ0) is 17.8. The van der Waals surface area contributed by atoms with Crippen LogP contribution in [0.3, 0.4) is 0 Å². The molecule has 0 radical (unpaired) electrons. The van der Waals surface area contributed by atoms with Crippen molar-refractivity contribution in [2.75, 3.05) is 7.11 Å². The Balaban J connectivity index is 1.70. The Morgan fingerprint density at radius 3 is 2.64 bits per heavy atom. The third kappa shape index (κ3) is 4.06. The van der Waals surface area contributed by atoms with Gasteiger partial charge >= 0.3 is 0 Å². The minimum atomic E-state index is -0.338. The number of rotatable bonds is 6. The molecule has 3 rings (SSSR count). The highest BCUT2D eigenvalue weighted by Crippen LogP contribution is 2.31. The molecule has 1 atom stereocenters. The number of nitrogens with one attached hydrogen (secondary N) is 1. The van der Waals surface area contributed by atoms with Crippen molar-refractivity contribution >= 4 is 11.3 Å². The summed E-state index contributed by atoms with van der Waals surface area (Å²) < 4.78 is 18.7. The van der Waals surface area contributed by atoms with Crippen molar-refractivity contribution in [2.45, 2.75) is 26.4 Å². The zero-order valence-corrected chi connectivity index (χ0v) is 15.4. The number of benzene rings is 2. The molecule has 0 aliphatic rings. The van der Waals surface area contributed by atoms with Crippen LogP contribution in [-0.2, 0) is 6.54 Å². The molecule has 0 bridgehead atoms. The van der Waals surface area contributed by atoms with Gasteiger partial charge in [-0.15, -0.1) is 11.3 Å². The van der Waals surface area contributed by atoms with E-state index in [-0.39, 0.29) is 17.6 Å². The molecular weight excluding hydrogens is 335 g/mol. The molecule has 0 saturated heterocycles. The third-order valence-electron chi connectivity index (χ3n) is 4.08. The van der Waals surface area contributed by atoms with Crippen molar-refractivity contribution < 1.29 is 9.13 Å². The monoisotopic (exact) mass is 356 g/mol. The Morgan fingerprint density at radius 1 is 1.20 bits per heavy atom. The Kier molecular flexibility index (Phi) is 5.46. The maximum absolute atomic E-state index is 13.8. The van der Waals surface area contributed by atoms with E-state index in [2.05, 4.69) is 24.4 Å². The number of nitrogens with zero attached hydrogens (tertiary/aromatic N) is 1. The molecule has 0 aliphatic carbocycles. The van der Waals surface area contributed by atoms with Gasteiger partial charge in [0.2, 0.25) is 0 Å². The molecule has 0 aliphatic heterocycles. The average Bonchev–Trinajstić information content (AvgIpc) is 3.02.